The number of hydrogen-bond acceptors (Lipinski definition) is 9. The molecule has 7 rings (SSSR count). The molecule has 2 fully saturated rings. The van der Waals surface area contributed by atoms with E-state index in [0.717, 1.165) is 55.2 Å². The predicted octanol–water partition coefficient (Wildman–Crippen LogP) is 3.74. The van der Waals surface area contributed by atoms with Crippen LogP contribution in [0, 0.1) is 17.3 Å². The largest absolute Gasteiger partial charge is 0.348 e. The Bertz CT molecular complexity index is 2640. The van der Waals surface area contributed by atoms with Gasteiger partial charge in [0.25, 0.3) is 5.91 Å². The van der Waals surface area contributed by atoms with E-state index >= 15 is 0 Å². The summed E-state index contributed by atoms with van der Waals surface area (Å²) in [6, 6.07) is 18.4. The van der Waals surface area contributed by atoms with Crippen LogP contribution in [0.25, 0.3) is 0 Å². The number of carbonyl (C=O) groups is 7. The summed E-state index contributed by atoms with van der Waals surface area (Å²) in [7, 11) is 1.33. The number of nitrogens with one attached hydrogen (secondary N) is 7. The van der Waals surface area contributed by atoms with E-state index in [1.165, 1.54) is 16.0 Å². The van der Waals surface area contributed by atoms with Gasteiger partial charge in [-0.25, -0.2) is 0 Å². The molecule has 0 bridgehead atoms. The van der Waals surface area contributed by atoms with Gasteiger partial charge >= 0.3 is 0 Å². The predicted molar refractivity (Wildman–Crippen MR) is 288 cm³/mol. The van der Waals surface area contributed by atoms with Gasteiger partial charge in [-0.1, -0.05) is 100 Å². The monoisotopic (exact) mass is 1030 g/mol. The van der Waals surface area contributed by atoms with Crippen molar-refractivity contribution in [2.75, 3.05) is 26.8 Å². The Kier molecular flexibility index (Phi) is 17.9. The number of benzene rings is 3. The van der Waals surface area contributed by atoms with Crippen LogP contribution in [0.15, 0.2) is 72.8 Å². The first-order valence-electron chi connectivity index (χ1n) is 26.4. The van der Waals surface area contributed by atoms with Crippen LogP contribution in [0.3, 0.4) is 0 Å². The van der Waals surface area contributed by atoms with Crippen molar-refractivity contribution in [2.45, 2.75) is 159 Å². The topological polar surface area (TPSA) is 210 Å². The Morgan fingerprint density at radius 2 is 1.23 bits per heavy atom. The summed E-state index contributed by atoms with van der Waals surface area (Å²) in [6.07, 6.45) is 6.13. The molecule has 0 aromatic heterocycles. The third kappa shape index (κ3) is 13.5. The Morgan fingerprint density at radius 1 is 0.689 bits per heavy atom. The molecule has 3 aromatic rings. The van der Waals surface area contributed by atoms with E-state index < -0.39 is 67.6 Å². The lowest BCUT2D eigenvalue weighted by atomic mass is 9.85. The minimum atomic E-state index is -2.01. The van der Waals surface area contributed by atoms with E-state index in [1.807, 2.05) is 51.1 Å². The van der Waals surface area contributed by atoms with E-state index in [2.05, 4.69) is 80.4 Å². The molecule has 0 radical (unpaired) electrons. The van der Waals surface area contributed by atoms with Gasteiger partial charge in [0, 0.05) is 36.7 Å². The molecule has 3 aromatic carbocycles. The van der Waals surface area contributed by atoms with Gasteiger partial charge in [0.05, 0.1) is 32.2 Å². The maximum absolute atomic E-state index is 14.7. The molecule has 16 nitrogen and oxygen atoms in total. The molecular formula is C57H77N9O7Si. The quantitative estimate of drug-likeness (QED) is 0.0873. The van der Waals surface area contributed by atoms with E-state index in [0.29, 0.717) is 17.8 Å². The second-order valence-electron chi connectivity index (χ2n) is 22.6. The molecule has 2 saturated heterocycles. The molecule has 0 spiro atoms. The summed E-state index contributed by atoms with van der Waals surface area (Å²) in [5.41, 5.74) is 5.15. The molecule has 2 aliphatic heterocycles. The molecule has 7 amide bonds. The van der Waals surface area contributed by atoms with Crippen molar-refractivity contribution < 1.29 is 33.6 Å². The first kappa shape index (κ1) is 55.4. The molecule has 7 N–H and O–H groups in total. The molecule has 0 saturated carbocycles. The summed E-state index contributed by atoms with van der Waals surface area (Å²) in [5, 5.41) is 21.2. The van der Waals surface area contributed by atoms with Gasteiger partial charge in [-0.15, -0.1) is 0 Å². The van der Waals surface area contributed by atoms with Gasteiger partial charge in [0.1, 0.15) is 24.2 Å². The van der Waals surface area contributed by atoms with Crippen LogP contribution in [0.4, 0.5) is 0 Å². The van der Waals surface area contributed by atoms with Gasteiger partial charge in [0.15, 0.2) is 0 Å². The molecule has 74 heavy (non-hydrogen) atoms. The van der Waals surface area contributed by atoms with Crippen LogP contribution >= 0.6 is 0 Å². The number of aryl methyl sites for hydroxylation is 2. The average molecular weight is 1030 g/mol. The van der Waals surface area contributed by atoms with E-state index in [1.54, 1.807) is 57.1 Å². The lowest BCUT2D eigenvalue weighted by molar-refractivity contribution is -0.144. The standard InChI is InChI=1S/C57H77N9O7Si/c1-35(58-6)51(68)63-46(55(72)66-34-74(8,9)33-48(66)54(71)62-45-23-15-19-40-17-11-13-21-43(40)45)30-38-26-24-37(25-27-38)28-29-49(67)60-41-31-47(53(70)61-44-22-14-18-39-16-10-12-20-42(39)44)65(32-41)56(73)50(57(3,4)5)64-52(69)36(2)59-7/h10-13,16-17,20-21,24-27,35-36,41,44-48,50,58-59H,14-15,18-19,22-23,30-34H2,1-9H3,(H,60,67)(H,61,70)(H,62,71)(H,63,68)(H,64,69)/t35-,36-,41-,44+,45+,46-,47-,48-,50+/m0/s1. The summed E-state index contributed by atoms with van der Waals surface area (Å²) < 4.78 is 0. The Morgan fingerprint density at radius 3 is 1.78 bits per heavy atom. The van der Waals surface area contributed by atoms with Crippen LogP contribution in [0.2, 0.25) is 19.1 Å². The minimum Gasteiger partial charge on any atom is -0.348 e. The first-order chi connectivity index (χ1) is 35.2. The number of nitrogens with zero attached hydrogens (tertiary/aromatic N) is 2. The molecule has 4 aliphatic rings. The number of rotatable bonds is 15. The number of likely N-dealkylation sites (tertiary alicyclic amines) is 1. The lowest BCUT2D eigenvalue weighted by Crippen LogP contribution is -2.59. The zero-order chi connectivity index (χ0) is 53.5. The Balaban J connectivity index is 1.04. The first-order valence-corrected chi connectivity index (χ1v) is 29.8. The van der Waals surface area contributed by atoms with Crippen LogP contribution in [0.5, 0.6) is 0 Å². The number of fused-ring (bicyclic) bond motifs is 2. The van der Waals surface area contributed by atoms with Gasteiger partial charge in [0.2, 0.25) is 35.4 Å². The van der Waals surface area contributed by atoms with Gasteiger partial charge < -0.3 is 47.0 Å². The minimum absolute atomic E-state index is 0.0332. The van der Waals surface area contributed by atoms with Gasteiger partial charge in [-0.3, -0.25) is 33.6 Å². The maximum Gasteiger partial charge on any atom is 0.296 e. The maximum atomic E-state index is 14.7. The van der Waals surface area contributed by atoms with Crippen molar-refractivity contribution in [1.82, 2.24) is 47.0 Å². The van der Waals surface area contributed by atoms with Crippen LogP contribution in [-0.2, 0) is 52.8 Å². The highest BCUT2D eigenvalue weighted by atomic mass is 28.3. The third-order valence-corrected chi connectivity index (χ3v) is 18.0. The molecule has 17 heteroatoms. The number of carbonyl (C=O) groups excluding carboxylic acids is 7. The lowest BCUT2D eigenvalue weighted by Gasteiger charge is -2.36. The van der Waals surface area contributed by atoms with Crippen molar-refractivity contribution in [3.8, 4) is 11.8 Å². The number of likely N-dealkylation sites (N-methyl/N-ethyl adjacent to an activating group) is 2. The summed E-state index contributed by atoms with van der Waals surface area (Å²) in [5.74, 6) is 3.10. The molecule has 396 valence electrons. The number of amides is 7. The highest BCUT2D eigenvalue weighted by molar-refractivity contribution is 6.79. The van der Waals surface area contributed by atoms with E-state index in [9.17, 15) is 33.6 Å². The summed E-state index contributed by atoms with van der Waals surface area (Å²) >= 11 is 0. The average Bonchev–Trinajstić information content (AvgIpc) is 3.96. The SMILES string of the molecule is CN[C@@H](C)C(=O)N[C@@H](Cc1ccc(C#CC(=O)N[C@H]2C[C@@H](C(=O)N[C@@H]3CCCc4ccccc43)N(C(=O)[C@@H](NC(=O)[C@H](C)NC)C(C)(C)C)C2)cc1)C(=O)N1C[Si](C)(C)C[C@H]1C(=O)N[C@@H]1CCCc2ccccc21. The molecule has 9 atom stereocenters. The second kappa shape index (κ2) is 23.9. The van der Waals surface area contributed by atoms with Crippen molar-refractivity contribution in [2.24, 2.45) is 5.41 Å². The van der Waals surface area contributed by atoms with Crippen LogP contribution in [0.1, 0.15) is 112 Å². The van der Waals surface area contributed by atoms with Crippen LogP contribution < -0.4 is 37.2 Å². The second-order valence-corrected chi connectivity index (χ2v) is 27.7. The zero-order valence-corrected chi connectivity index (χ0v) is 45.7. The molecule has 2 heterocycles. The molecular weight excluding hydrogens is 951 g/mol. The molecule has 2 aliphatic carbocycles. The van der Waals surface area contributed by atoms with Crippen molar-refractivity contribution >= 4 is 49.4 Å². The summed E-state index contributed by atoms with van der Waals surface area (Å²) in [4.78, 5) is 101. The third-order valence-electron chi connectivity index (χ3n) is 15.3. The van der Waals surface area contributed by atoms with Gasteiger partial charge in [-0.2, -0.15) is 0 Å². The normalized spacial score (nSPS) is 22.5. The van der Waals surface area contributed by atoms with Crippen LogP contribution in [-0.4, -0.2) is 128 Å². The highest BCUT2D eigenvalue weighted by Gasteiger charge is 2.48. The van der Waals surface area contributed by atoms with E-state index in [4.69, 9.17) is 0 Å². The fourth-order valence-corrected chi connectivity index (χ4v) is 13.7. The smallest absolute Gasteiger partial charge is 0.296 e. The zero-order valence-electron chi connectivity index (χ0n) is 44.7. The Hall–Kier alpha value is -6.35. The van der Waals surface area contributed by atoms with E-state index in [-0.39, 0.29) is 61.0 Å². The van der Waals surface area contributed by atoms with Gasteiger partial charge in [-0.05, 0) is 124 Å². The Labute approximate surface area is 438 Å². The molecule has 0 unspecified atom stereocenters. The fourth-order valence-electron chi connectivity index (χ4n) is 10.9. The van der Waals surface area contributed by atoms with Crippen molar-refractivity contribution in [3.05, 3.63) is 106 Å². The number of hydrogen-bond donors (Lipinski definition) is 7. The van der Waals surface area contributed by atoms with Crippen molar-refractivity contribution in [1.29, 1.82) is 0 Å². The fraction of sp³-hybridized carbons (Fsp3) is 0.526. The van der Waals surface area contributed by atoms with Crippen molar-refractivity contribution in [3.63, 3.8) is 0 Å². The summed E-state index contributed by atoms with van der Waals surface area (Å²) in [6.45, 7) is 13.4. The highest BCUT2D eigenvalue weighted by Crippen LogP contribution is 2.34.